The van der Waals surface area contributed by atoms with Crippen LogP contribution in [0.2, 0.25) is 0 Å². The van der Waals surface area contributed by atoms with Crippen LogP contribution in [0.15, 0.2) is 6.07 Å². The maximum atomic E-state index is 10.9. The fourth-order valence-corrected chi connectivity index (χ4v) is 1.51. The van der Waals surface area contributed by atoms with Gasteiger partial charge in [0.2, 0.25) is 5.95 Å². The molecule has 1 atom stereocenters. The zero-order chi connectivity index (χ0) is 13.7. The molecule has 0 aliphatic heterocycles. The number of rotatable bonds is 5. The first kappa shape index (κ1) is 13.9. The lowest BCUT2D eigenvalue weighted by molar-refractivity contribution is -0.140. The van der Waals surface area contributed by atoms with Crippen LogP contribution in [0, 0.1) is 24.2 Å². The Bertz CT molecular complexity index is 481. The molecule has 6 nitrogen and oxygen atoms in total. The van der Waals surface area contributed by atoms with E-state index >= 15 is 0 Å². The van der Waals surface area contributed by atoms with Crippen LogP contribution >= 0.6 is 0 Å². The molecule has 0 radical (unpaired) electrons. The molecule has 1 aromatic rings. The van der Waals surface area contributed by atoms with Crippen molar-refractivity contribution in [1.82, 2.24) is 9.97 Å². The fraction of sp³-hybridized carbons (Fsp3) is 0.500. The number of aromatic nitrogens is 2. The number of hydrogen-bond acceptors (Lipinski definition) is 5. The predicted octanol–water partition coefficient (Wildman–Crippen LogP) is 1.20. The highest BCUT2D eigenvalue weighted by Gasteiger charge is 2.17. The van der Waals surface area contributed by atoms with E-state index in [4.69, 9.17) is 10.4 Å². The molecule has 1 aromatic heterocycles. The van der Waals surface area contributed by atoms with E-state index in [0.717, 1.165) is 0 Å². The molecular formula is C12H16N4O2. The highest BCUT2D eigenvalue weighted by Crippen LogP contribution is 2.12. The molecule has 0 bridgehead atoms. The number of anilines is 1. The van der Waals surface area contributed by atoms with E-state index in [1.807, 2.05) is 13.0 Å². The number of carbonyl (C=O) groups is 1. The van der Waals surface area contributed by atoms with E-state index in [9.17, 15) is 4.79 Å². The molecule has 0 saturated carbocycles. The first-order valence-corrected chi connectivity index (χ1v) is 5.71. The summed E-state index contributed by atoms with van der Waals surface area (Å²) in [5, 5.41) is 17.8. The number of carboxylic acids is 1. The van der Waals surface area contributed by atoms with Crippen LogP contribution in [0.5, 0.6) is 0 Å². The standard InChI is InChI=1S/C12H16N4O2/c1-4-16(7-8(2)11(17)18)12-14-9(3)5-10(6-13)15-12/h5,8H,4,7H2,1-3H3,(H,17,18). The number of carboxylic acid groups (broad SMARTS) is 1. The van der Waals surface area contributed by atoms with E-state index in [-0.39, 0.29) is 0 Å². The monoisotopic (exact) mass is 248 g/mol. The SMILES string of the molecule is CCN(CC(C)C(=O)O)c1nc(C)cc(C#N)n1. The van der Waals surface area contributed by atoms with Gasteiger partial charge in [0, 0.05) is 18.8 Å². The number of nitrogens with zero attached hydrogens (tertiary/aromatic N) is 4. The molecule has 0 aliphatic rings. The van der Waals surface area contributed by atoms with Gasteiger partial charge in [-0.25, -0.2) is 9.97 Å². The lowest BCUT2D eigenvalue weighted by atomic mass is 10.2. The quantitative estimate of drug-likeness (QED) is 0.842. The maximum Gasteiger partial charge on any atom is 0.308 e. The average molecular weight is 248 g/mol. The molecule has 0 saturated heterocycles. The van der Waals surface area contributed by atoms with Gasteiger partial charge in [-0.2, -0.15) is 5.26 Å². The normalized spacial score (nSPS) is 11.7. The predicted molar refractivity (Wildman–Crippen MR) is 66.2 cm³/mol. The van der Waals surface area contributed by atoms with Gasteiger partial charge in [0.05, 0.1) is 5.92 Å². The van der Waals surface area contributed by atoms with Crippen LogP contribution in [0.25, 0.3) is 0 Å². The van der Waals surface area contributed by atoms with Crippen LogP contribution in [-0.2, 0) is 4.79 Å². The van der Waals surface area contributed by atoms with E-state index in [1.54, 1.807) is 24.8 Å². The van der Waals surface area contributed by atoms with Crippen LogP contribution in [-0.4, -0.2) is 34.1 Å². The maximum absolute atomic E-state index is 10.9. The second-order valence-corrected chi connectivity index (χ2v) is 4.08. The highest BCUT2D eigenvalue weighted by atomic mass is 16.4. The summed E-state index contributed by atoms with van der Waals surface area (Å²) in [4.78, 5) is 20.9. The molecule has 1 heterocycles. The van der Waals surface area contributed by atoms with Crippen molar-refractivity contribution in [1.29, 1.82) is 5.26 Å². The van der Waals surface area contributed by atoms with Crippen LogP contribution in [0.3, 0.4) is 0 Å². The van der Waals surface area contributed by atoms with Crippen LogP contribution in [0.4, 0.5) is 5.95 Å². The third-order valence-electron chi connectivity index (χ3n) is 2.54. The molecule has 0 fully saturated rings. The molecule has 0 amide bonds. The molecule has 0 aliphatic carbocycles. The second-order valence-electron chi connectivity index (χ2n) is 4.08. The van der Waals surface area contributed by atoms with Crippen molar-refractivity contribution >= 4 is 11.9 Å². The molecule has 1 unspecified atom stereocenters. The van der Waals surface area contributed by atoms with E-state index < -0.39 is 11.9 Å². The van der Waals surface area contributed by atoms with Gasteiger partial charge in [-0.3, -0.25) is 4.79 Å². The fourth-order valence-electron chi connectivity index (χ4n) is 1.51. The topological polar surface area (TPSA) is 90.1 Å². The summed E-state index contributed by atoms with van der Waals surface area (Å²) >= 11 is 0. The second kappa shape index (κ2) is 5.96. The Morgan fingerprint density at radius 3 is 2.78 bits per heavy atom. The zero-order valence-electron chi connectivity index (χ0n) is 10.7. The van der Waals surface area contributed by atoms with Gasteiger partial charge in [-0.15, -0.1) is 0 Å². The molecule has 18 heavy (non-hydrogen) atoms. The van der Waals surface area contributed by atoms with Gasteiger partial charge < -0.3 is 10.0 Å². The lowest BCUT2D eigenvalue weighted by Gasteiger charge is -2.23. The highest BCUT2D eigenvalue weighted by molar-refractivity contribution is 5.70. The van der Waals surface area contributed by atoms with E-state index in [2.05, 4.69) is 9.97 Å². The summed E-state index contributed by atoms with van der Waals surface area (Å²) in [6, 6.07) is 3.56. The number of hydrogen-bond donors (Lipinski definition) is 1. The minimum atomic E-state index is -0.860. The Balaban J connectivity index is 2.98. The average Bonchev–Trinajstić information content (AvgIpc) is 2.34. The van der Waals surface area contributed by atoms with Gasteiger partial charge in [0.1, 0.15) is 11.8 Å². The van der Waals surface area contributed by atoms with Crippen LogP contribution in [0.1, 0.15) is 25.2 Å². The lowest BCUT2D eigenvalue weighted by Crippen LogP contribution is -2.33. The Labute approximate surface area is 106 Å². The summed E-state index contributed by atoms with van der Waals surface area (Å²) < 4.78 is 0. The molecule has 6 heteroatoms. The summed E-state index contributed by atoms with van der Waals surface area (Å²) in [7, 11) is 0. The minimum absolute atomic E-state index is 0.291. The van der Waals surface area contributed by atoms with E-state index in [0.29, 0.717) is 30.4 Å². The van der Waals surface area contributed by atoms with Gasteiger partial charge in [0.15, 0.2) is 0 Å². The summed E-state index contributed by atoms with van der Waals surface area (Å²) in [6.45, 7) is 6.21. The van der Waals surface area contributed by atoms with Crippen LogP contribution < -0.4 is 4.90 Å². The molecule has 0 spiro atoms. The van der Waals surface area contributed by atoms with Gasteiger partial charge >= 0.3 is 5.97 Å². The molecular weight excluding hydrogens is 232 g/mol. The summed E-state index contributed by atoms with van der Waals surface area (Å²) in [5.41, 5.74) is 0.983. The van der Waals surface area contributed by atoms with Crippen molar-refractivity contribution in [2.45, 2.75) is 20.8 Å². The Hall–Kier alpha value is -2.16. The van der Waals surface area contributed by atoms with Crippen molar-refractivity contribution in [3.63, 3.8) is 0 Å². The van der Waals surface area contributed by atoms with Crippen molar-refractivity contribution in [2.75, 3.05) is 18.0 Å². The van der Waals surface area contributed by atoms with Gasteiger partial charge in [-0.05, 0) is 19.9 Å². The number of aliphatic carboxylic acids is 1. The third-order valence-corrected chi connectivity index (χ3v) is 2.54. The third kappa shape index (κ3) is 3.42. The van der Waals surface area contributed by atoms with E-state index in [1.165, 1.54) is 0 Å². The molecule has 0 aromatic carbocycles. The molecule has 1 N–H and O–H groups in total. The van der Waals surface area contributed by atoms with Gasteiger partial charge in [-0.1, -0.05) is 6.92 Å². The minimum Gasteiger partial charge on any atom is -0.481 e. The number of nitriles is 1. The Morgan fingerprint density at radius 1 is 1.61 bits per heavy atom. The largest absolute Gasteiger partial charge is 0.481 e. The summed E-state index contributed by atoms with van der Waals surface area (Å²) in [6.07, 6.45) is 0. The smallest absolute Gasteiger partial charge is 0.308 e. The molecule has 96 valence electrons. The van der Waals surface area contributed by atoms with Crippen molar-refractivity contribution in [3.8, 4) is 6.07 Å². The molecule has 1 rings (SSSR count). The zero-order valence-corrected chi connectivity index (χ0v) is 10.7. The first-order chi connectivity index (χ1) is 8.47. The first-order valence-electron chi connectivity index (χ1n) is 5.71. The van der Waals surface area contributed by atoms with Crippen molar-refractivity contribution in [2.24, 2.45) is 5.92 Å². The van der Waals surface area contributed by atoms with Gasteiger partial charge in [0.25, 0.3) is 0 Å². The van der Waals surface area contributed by atoms with Crippen molar-refractivity contribution in [3.05, 3.63) is 17.5 Å². The van der Waals surface area contributed by atoms with Crippen molar-refractivity contribution < 1.29 is 9.90 Å². The number of aryl methyl sites for hydroxylation is 1. The Morgan fingerprint density at radius 2 is 2.28 bits per heavy atom. The summed E-state index contributed by atoms with van der Waals surface area (Å²) in [5.74, 6) is -0.969. The Kier molecular flexibility index (Phi) is 4.60.